The maximum absolute atomic E-state index is 6.29. The summed E-state index contributed by atoms with van der Waals surface area (Å²) in [5.41, 5.74) is 8.80. The van der Waals surface area contributed by atoms with Crippen molar-refractivity contribution < 1.29 is 4.74 Å². The first-order chi connectivity index (χ1) is 13.0. The third kappa shape index (κ3) is 3.19. The zero-order valence-electron chi connectivity index (χ0n) is 16.2. The summed E-state index contributed by atoms with van der Waals surface area (Å²) >= 11 is 0. The lowest BCUT2D eigenvalue weighted by Gasteiger charge is -2.14. The Labute approximate surface area is 159 Å². The van der Waals surface area contributed by atoms with Crippen LogP contribution in [0.2, 0.25) is 0 Å². The van der Waals surface area contributed by atoms with Crippen LogP contribution in [-0.4, -0.2) is 14.4 Å². The fraction of sp³-hybridized carbons (Fsp3) is 0.217. The quantitative estimate of drug-likeness (QED) is 0.503. The average molecular weight is 357 g/mol. The third-order valence-corrected chi connectivity index (χ3v) is 5.17. The van der Waals surface area contributed by atoms with Crippen LogP contribution in [0.5, 0.6) is 5.75 Å². The van der Waals surface area contributed by atoms with Gasteiger partial charge < -0.3 is 9.14 Å². The smallest absolute Gasteiger partial charge is 0.180 e. The molecule has 4 nitrogen and oxygen atoms in total. The molecule has 0 saturated carbocycles. The molecule has 0 N–H and O–H groups in total. The molecule has 0 unspecified atom stereocenters. The molecule has 0 bridgehead atoms. The SMILES string of the molecule is Cc1cccc(C)c1COc1cc(-c2cccnc2)cn2c(C)c(C)nc12. The van der Waals surface area contributed by atoms with Gasteiger partial charge in [-0.3, -0.25) is 4.98 Å². The Hall–Kier alpha value is -3.14. The van der Waals surface area contributed by atoms with Crippen LogP contribution in [0.25, 0.3) is 16.8 Å². The van der Waals surface area contributed by atoms with Gasteiger partial charge in [-0.25, -0.2) is 4.98 Å². The predicted octanol–water partition coefficient (Wildman–Crippen LogP) is 5.21. The molecule has 0 amide bonds. The number of ether oxygens (including phenoxy) is 1. The minimum Gasteiger partial charge on any atom is -0.485 e. The van der Waals surface area contributed by atoms with Crippen molar-refractivity contribution in [1.29, 1.82) is 0 Å². The van der Waals surface area contributed by atoms with Gasteiger partial charge in [0.2, 0.25) is 0 Å². The van der Waals surface area contributed by atoms with Gasteiger partial charge in [-0.1, -0.05) is 24.3 Å². The number of aromatic nitrogens is 3. The van der Waals surface area contributed by atoms with Crippen LogP contribution >= 0.6 is 0 Å². The summed E-state index contributed by atoms with van der Waals surface area (Å²) in [5, 5.41) is 0. The van der Waals surface area contributed by atoms with Crippen LogP contribution in [-0.2, 0) is 6.61 Å². The average Bonchev–Trinajstić information content (AvgIpc) is 2.96. The number of aryl methyl sites for hydroxylation is 4. The molecule has 4 rings (SSSR count). The van der Waals surface area contributed by atoms with E-state index in [4.69, 9.17) is 9.72 Å². The van der Waals surface area contributed by atoms with Crippen LogP contribution in [0.3, 0.4) is 0 Å². The molecule has 4 heteroatoms. The van der Waals surface area contributed by atoms with Gasteiger partial charge in [0, 0.05) is 35.4 Å². The Morgan fingerprint density at radius 2 is 1.74 bits per heavy atom. The van der Waals surface area contributed by atoms with E-state index in [2.05, 4.69) is 66.7 Å². The van der Waals surface area contributed by atoms with Crippen molar-refractivity contribution in [2.75, 3.05) is 0 Å². The van der Waals surface area contributed by atoms with Gasteiger partial charge in [0.25, 0.3) is 0 Å². The molecular weight excluding hydrogens is 334 g/mol. The molecule has 3 aromatic heterocycles. The van der Waals surface area contributed by atoms with Crippen LogP contribution in [0.15, 0.2) is 55.0 Å². The van der Waals surface area contributed by atoms with Gasteiger partial charge in [-0.15, -0.1) is 0 Å². The van der Waals surface area contributed by atoms with Crippen molar-refractivity contribution >= 4 is 5.65 Å². The summed E-state index contributed by atoms with van der Waals surface area (Å²) in [7, 11) is 0. The molecule has 136 valence electrons. The van der Waals surface area contributed by atoms with Gasteiger partial charge >= 0.3 is 0 Å². The lowest BCUT2D eigenvalue weighted by Crippen LogP contribution is -2.02. The van der Waals surface area contributed by atoms with E-state index in [0.717, 1.165) is 33.9 Å². The van der Waals surface area contributed by atoms with Crippen molar-refractivity contribution in [2.45, 2.75) is 34.3 Å². The van der Waals surface area contributed by atoms with E-state index >= 15 is 0 Å². The minimum atomic E-state index is 0.523. The molecule has 0 radical (unpaired) electrons. The second-order valence-electron chi connectivity index (χ2n) is 6.97. The number of nitrogens with zero attached hydrogens (tertiary/aromatic N) is 3. The highest BCUT2D eigenvalue weighted by Crippen LogP contribution is 2.30. The first-order valence-corrected chi connectivity index (χ1v) is 9.12. The summed E-state index contributed by atoms with van der Waals surface area (Å²) < 4.78 is 8.40. The second kappa shape index (κ2) is 6.88. The number of benzene rings is 1. The summed E-state index contributed by atoms with van der Waals surface area (Å²) in [6.45, 7) is 8.88. The van der Waals surface area contributed by atoms with Crippen LogP contribution < -0.4 is 4.74 Å². The Morgan fingerprint density at radius 1 is 0.963 bits per heavy atom. The van der Waals surface area contributed by atoms with Crippen molar-refractivity contribution in [2.24, 2.45) is 0 Å². The minimum absolute atomic E-state index is 0.523. The van der Waals surface area contributed by atoms with Crippen molar-refractivity contribution in [3.8, 4) is 16.9 Å². The monoisotopic (exact) mass is 357 g/mol. The summed E-state index contributed by atoms with van der Waals surface area (Å²) in [4.78, 5) is 8.98. The fourth-order valence-electron chi connectivity index (χ4n) is 3.36. The van der Waals surface area contributed by atoms with Gasteiger partial charge in [0.05, 0.1) is 5.69 Å². The van der Waals surface area contributed by atoms with Crippen molar-refractivity contribution in [3.05, 3.63) is 83.1 Å². The lowest BCUT2D eigenvalue weighted by atomic mass is 10.0. The largest absolute Gasteiger partial charge is 0.485 e. The Bertz CT molecular complexity index is 1090. The third-order valence-electron chi connectivity index (χ3n) is 5.17. The number of imidazole rings is 1. The van der Waals surface area contributed by atoms with Crippen LogP contribution in [0.1, 0.15) is 28.1 Å². The van der Waals surface area contributed by atoms with E-state index < -0.39 is 0 Å². The molecule has 0 aliphatic heterocycles. The van der Waals surface area contributed by atoms with Gasteiger partial charge in [0.1, 0.15) is 6.61 Å². The van der Waals surface area contributed by atoms with E-state index in [-0.39, 0.29) is 0 Å². The predicted molar refractivity (Wildman–Crippen MR) is 108 cm³/mol. The normalized spacial score (nSPS) is 11.1. The zero-order chi connectivity index (χ0) is 19.0. The lowest BCUT2D eigenvalue weighted by molar-refractivity contribution is 0.306. The van der Waals surface area contributed by atoms with E-state index in [1.165, 1.54) is 16.7 Å². The van der Waals surface area contributed by atoms with E-state index in [9.17, 15) is 0 Å². The molecule has 0 spiro atoms. The first kappa shape index (κ1) is 17.3. The van der Waals surface area contributed by atoms with Gasteiger partial charge in [-0.05, 0) is 56.5 Å². The van der Waals surface area contributed by atoms with Crippen LogP contribution in [0.4, 0.5) is 0 Å². The van der Waals surface area contributed by atoms with E-state index in [1.807, 2.05) is 19.2 Å². The van der Waals surface area contributed by atoms with Crippen molar-refractivity contribution in [3.63, 3.8) is 0 Å². The Balaban J connectivity index is 1.80. The van der Waals surface area contributed by atoms with Gasteiger partial charge in [0.15, 0.2) is 11.4 Å². The fourth-order valence-corrected chi connectivity index (χ4v) is 3.36. The second-order valence-corrected chi connectivity index (χ2v) is 6.97. The topological polar surface area (TPSA) is 39.4 Å². The summed E-state index contributed by atoms with van der Waals surface area (Å²) in [6.07, 6.45) is 5.76. The van der Waals surface area contributed by atoms with Crippen LogP contribution in [0, 0.1) is 27.7 Å². The highest BCUT2D eigenvalue weighted by molar-refractivity contribution is 5.69. The van der Waals surface area contributed by atoms with E-state index in [0.29, 0.717) is 6.61 Å². The molecule has 1 aromatic carbocycles. The molecule has 4 aromatic rings. The number of rotatable bonds is 4. The first-order valence-electron chi connectivity index (χ1n) is 9.12. The highest BCUT2D eigenvalue weighted by atomic mass is 16.5. The molecule has 3 heterocycles. The summed E-state index contributed by atoms with van der Waals surface area (Å²) in [6, 6.07) is 12.4. The zero-order valence-corrected chi connectivity index (χ0v) is 16.2. The van der Waals surface area contributed by atoms with Crippen molar-refractivity contribution in [1.82, 2.24) is 14.4 Å². The number of fused-ring (bicyclic) bond motifs is 1. The van der Waals surface area contributed by atoms with Gasteiger partial charge in [-0.2, -0.15) is 0 Å². The van der Waals surface area contributed by atoms with E-state index in [1.54, 1.807) is 6.20 Å². The number of hydrogen-bond acceptors (Lipinski definition) is 3. The summed E-state index contributed by atoms with van der Waals surface area (Å²) in [5.74, 6) is 0.787. The molecule has 0 atom stereocenters. The molecule has 27 heavy (non-hydrogen) atoms. The molecule has 0 saturated heterocycles. The molecule has 0 aliphatic carbocycles. The standard InChI is InChI=1S/C23H23N3O/c1-15-7-5-8-16(2)21(15)14-27-22-11-20(19-9-6-10-24-12-19)13-26-18(4)17(3)25-23(22)26/h5-13H,14H2,1-4H3. The number of pyridine rings is 2. The maximum atomic E-state index is 6.29. The molecule has 0 aliphatic rings. The Kier molecular flexibility index (Phi) is 4.40. The molecular formula is C23H23N3O. The molecule has 0 fully saturated rings. The highest BCUT2D eigenvalue weighted by Gasteiger charge is 2.14. The maximum Gasteiger partial charge on any atom is 0.180 e. The number of hydrogen-bond donors (Lipinski definition) is 0. The Morgan fingerprint density at radius 3 is 2.44 bits per heavy atom.